The van der Waals surface area contributed by atoms with E-state index in [2.05, 4.69) is 4.90 Å². The fraction of sp³-hybridized carbons (Fsp3) is 0.368. The summed E-state index contributed by atoms with van der Waals surface area (Å²) in [7, 11) is 3.32. The first-order chi connectivity index (χ1) is 12.5. The number of nitrogens with zero attached hydrogens (tertiary/aromatic N) is 2. The van der Waals surface area contributed by atoms with E-state index in [-0.39, 0.29) is 10.6 Å². The lowest BCUT2D eigenvalue weighted by atomic mass is 10.0. The van der Waals surface area contributed by atoms with Crippen LogP contribution in [0.4, 0.5) is 17.1 Å². The van der Waals surface area contributed by atoms with Gasteiger partial charge in [0, 0.05) is 55.9 Å². The number of benzene rings is 2. The van der Waals surface area contributed by atoms with Crippen molar-refractivity contribution in [2.24, 2.45) is 0 Å². The summed E-state index contributed by atoms with van der Waals surface area (Å²) >= 11 is 0. The fourth-order valence-corrected chi connectivity index (χ4v) is 2.74. The summed E-state index contributed by atoms with van der Waals surface area (Å²) in [6, 6.07) is 10.9. The second-order valence-corrected chi connectivity index (χ2v) is 6.00. The quantitative estimate of drug-likeness (QED) is 0.420. The molecule has 140 valence electrons. The van der Waals surface area contributed by atoms with Crippen molar-refractivity contribution in [2.75, 3.05) is 51.2 Å². The molecule has 0 fully saturated rings. The van der Waals surface area contributed by atoms with Gasteiger partial charge in [-0.2, -0.15) is 0 Å². The van der Waals surface area contributed by atoms with Gasteiger partial charge < -0.3 is 20.1 Å². The van der Waals surface area contributed by atoms with E-state index in [1.165, 1.54) is 0 Å². The van der Waals surface area contributed by atoms with Crippen molar-refractivity contribution in [3.63, 3.8) is 0 Å². The highest BCUT2D eigenvalue weighted by atomic mass is 16.6. The second-order valence-electron chi connectivity index (χ2n) is 6.00. The van der Waals surface area contributed by atoms with E-state index in [4.69, 9.17) is 15.2 Å². The highest BCUT2D eigenvalue weighted by Gasteiger charge is 2.15. The molecule has 7 heteroatoms. The minimum Gasteiger partial charge on any atom is -0.398 e. The lowest BCUT2D eigenvalue weighted by molar-refractivity contribution is -0.385. The van der Waals surface area contributed by atoms with Gasteiger partial charge in [-0.25, -0.2) is 0 Å². The molecule has 2 aromatic rings. The molecule has 0 aliphatic rings. The summed E-state index contributed by atoms with van der Waals surface area (Å²) in [6.45, 7) is 4.30. The van der Waals surface area contributed by atoms with Gasteiger partial charge >= 0.3 is 0 Å². The van der Waals surface area contributed by atoms with Crippen LogP contribution in [0.3, 0.4) is 0 Å². The zero-order valence-corrected chi connectivity index (χ0v) is 15.4. The lowest BCUT2D eigenvalue weighted by Crippen LogP contribution is -2.30. The number of hydrogen-bond donors (Lipinski definition) is 1. The third kappa shape index (κ3) is 4.71. The Bertz CT molecular complexity index is 756. The Labute approximate surface area is 153 Å². The number of anilines is 2. The van der Waals surface area contributed by atoms with Crippen molar-refractivity contribution >= 4 is 17.1 Å². The Morgan fingerprint density at radius 3 is 2.31 bits per heavy atom. The Kier molecular flexibility index (Phi) is 6.94. The number of methoxy groups -OCH3 is 2. The van der Waals surface area contributed by atoms with Gasteiger partial charge in [0.25, 0.3) is 5.69 Å². The summed E-state index contributed by atoms with van der Waals surface area (Å²) in [5.74, 6) is 0. The molecule has 0 spiro atoms. The van der Waals surface area contributed by atoms with E-state index in [1.54, 1.807) is 33.3 Å². The van der Waals surface area contributed by atoms with Gasteiger partial charge in [0.1, 0.15) is 0 Å². The summed E-state index contributed by atoms with van der Waals surface area (Å²) in [6.07, 6.45) is 0. The van der Waals surface area contributed by atoms with Crippen LogP contribution in [0.2, 0.25) is 0 Å². The summed E-state index contributed by atoms with van der Waals surface area (Å²) in [5.41, 5.74) is 9.89. The Morgan fingerprint density at radius 2 is 1.73 bits per heavy atom. The SMILES string of the molecule is COCCN(CCOC)c1ccc(N)c(-c2ccc(C)c([N+](=O)[O-])c2)c1. The summed E-state index contributed by atoms with van der Waals surface area (Å²) in [5, 5.41) is 11.2. The van der Waals surface area contributed by atoms with Crippen molar-refractivity contribution in [3.05, 3.63) is 52.1 Å². The minimum atomic E-state index is -0.373. The van der Waals surface area contributed by atoms with Gasteiger partial charge in [-0.1, -0.05) is 12.1 Å². The molecule has 0 aliphatic carbocycles. The van der Waals surface area contributed by atoms with Crippen LogP contribution < -0.4 is 10.6 Å². The van der Waals surface area contributed by atoms with E-state index in [9.17, 15) is 10.1 Å². The van der Waals surface area contributed by atoms with Crippen molar-refractivity contribution in [2.45, 2.75) is 6.92 Å². The first-order valence-electron chi connectivity index (χ1n) is 8.35. The van der Waals surface area contributed by atoms with Gasteiger partial charge in [-0.05, 0) is 30.7 Å². The van der Waals surface area contributed by atoms with E-state index >= 15 is 0 Å². The molecule has 7 nitrogen and oxygen atoms in total. The number of hydrogen-bond acceptors (Lipinski definition) is 6. The molecule has 0 radical (unpaired) electrons. The first-order valence-corrected chi connectivity index (χ1v) is 8.35. The van der Waals surface area contributed by atoms with Crippen molar-refractivity contribution in [1.82, 2.24) is 0 Å². The maximum absolute atomic E-state index is 11.2. The smallest absolute Gasteiger partial charge is 0.272 e. The molecular formula is C19H25N3O4. The van der Waals surface area contributed by atoms with Gasteiger partial charge in [0.15, 0.2) is 0 Å². The third-order valence-electron chi connectivity index (χ3n) is 4.25. The molecule has 2 rings (SSSR count). The second kappa shape index (κ2) is 9.17. The molecule has 0 saturated carbocycles. The largest absolute Gasteiger partial charge is 0.398 e. The Hall–Kier alpha value is -2.64. The highest BCUT2D eigenvalue weighted by Crippen LogP contribution is 2.33. The Morgan fingerprint density at radius 1 is 1.08 bits per heavy atom. The molecule has 0 amide bonds. The van der Waals surface area contributed by atoms with Crippen LogP contribution in [-0.2, 0) is 9.47 Å². The molecule has 2 N–H and O–H groups in total. The maximum Gasteiger partial charge on any atom is 0.272 e. The zero-order valence-electron chi connectivity index (χ0n) is 15.4. The fourth-order valence-electron chi connectivity index (χ4n) is 2.74. The van der Waals surface area contributed by atoms with Crippen LogP contribution in [0, 0.1) is 17.0 Å². The van der Waals surface area contributed by atoms with E-state index in [0.717, 1.165) is 16.8 Å². The van der Waals surface area contributed by atoms with Crippen LogP contribution >= 0.6 is 0 Å². The van der Waals surface area contributed by atoms with E-state index in [0.29, 0.717) is 37.6 Å². The Balaban J connectivity index is 2.42. The summed E-state index contributed by atoms with van der Waals surface area (Å²) < 4.78 is 10.4. The average molecular weight is 359 g/mol. The van der Waals surface area contributed by atoms with E-state index in [1.807, 2.05) is 24.3 Å². The van der Waals surface area contributed by atoms with Gasteiger partial charge in [-0.3, -0.25) is 10.1 Å². The molecule has 0 atom stereocenters. The van der Waals surface area contributed by atoms with Gasteiger partial charge in [0.05, 0.1) is 18.1 Å². The van der Waals surface area contributed by atoms with Crippen molar-refractivity contribution < 1.29 is 14.4 Å². The molecule has 0 bridgehead atoms. The van der Waals surface area contributed by atoms with Crippen LogP contribution in [0.5, 0.6) is 0 Å². The molecule has 0 heterocycles. The van der Waals surface area contributed by atoms with E-state index < -0.39 is 0 Å². The highest BCUT2D eigenvalue weighted by molar-refractivity contribution is 5.81. The standard InChI is InChI=1S/C19H25N3O4/c1-14-4-5-15(12-19(14)22(23)24)17-13-16(6-7-18(17)20)21(8-10-25-2)9-11-26-3/h4-7,12-13H,8-11,20H2,1-3H3. The average Bonchev–Trinajstić information content (AvgIpc) is 2.63. The summed E-state index contributed by atoms with van der Waals surface area (Å²) in [4.78, 5) is 13.0. The molecule has 0 saturated heterocycles. The predicted octanol–water partition coefficient (Wildman–Crippen LogP) is 3.25. The molecular weight excluding hydrogens is 334 g/mol. The first kappa shape index (κ1) is 19.7. The zero-order chi connectivity index (χ0) is 19.1. The lowest BCUT2D eigenvalue weighted by Gasteiger charge is -2.25. The number of nitrogens with two attached hydrogens (primary N) is 1. The normalized spacial score (nSPS) is 10.7. The van der Waals surface area contributed by atoms with Crippen LogP contribution in [0.15, 0.2) is 36.4 Å². The molecule has 2 aromatic carbocycles. The molecule has 0 unspecified atom stereocenters. The van der Waals surface area contributed by atoms with Gasteiger partial charge in [0.2, 0.25) is 0 Å². The number of nitro groups is 1. The number of ether oxygens (including phenoxy) is 2. The molecule has 26 heavy (non-hydrogen) atoms. The number of aryl methyl sites for hydroxylation is 1. The van der Waals surface area contributed by atoms with Crippen LogP contribution in [0.1, 0.15) is 5.56 Å². The monoisotopic (exact) mass is 359 g/mol. The van der Waals surface area contributed by atoms with Gasteiger partial charge in [-0.15, -0.1) is 0 Å². The van der Waals surface area contributed by atoms with Crippen molar-refractivity contribution in [1.29, 1.82) is 0 Å². The molecule has 0 aromatic heterocycles. The maximum atomic E-state index is 11.2. The molecule has 0 aliphatic heterocycles. The van der Waals surface area contributed by atoms with Crippen LogP contribution in [0.25, 0.3) is 11.1 Å². The topological polar surface area (TPSA) is 90.9 Å². The number of nitrogen functional groups attached to an aromatic ring is 1. The minimum absolute atomic E-state index is 0.0860. The predicted molar refractivity (Wildman–Crippen MR) is 104 cm³/mol. The van der Waals surface area contributed by atoms with Crippen LogP contribution in [-0.4, -0.2) is 45.4 Å². The third-order valence-corrected chi connectivity index (χ3v) is 4.25. The van der Waals surface area contributed by atoms with Crippen molar-refractivity contribution in [3.8, 4) is 11.1 Å². The number of nitro benzene ring substituents is 1. The number of rotatable bonds is 9.